The van der Waals surface area contributed by atoms with Crippen molar-refractivity contribution in [2.24, 2.45) is 0 Å². The standard InChI is InChI=1S/C18H25N5O3/c1-11-7-19-8-12(2)23(11)10-17(25)21-15-5-3-13(9-20-15)14-4-6-16(24)22-18(14)26/h3,5,9,11-12,14,19H,4,6-8,10H2,1-2H3,(H,20,21,25)(H,22,24,26)/t11-,12+,14?. The Balaban J connectivity index is 1.58. The minimum Gasteiger partial charge on any atom is -0.314 e. The molecule has 3 amide bonds. The van der Waals surface area contributed by atoms with E-state index in [1.54, 1.807) is 18.3 Å². The lowest BCUT2D eigenvalue weighted by Gasteiger charge is -2.38. The van der Waals surface area contributed by atoms with Crippen LogP contribution in [0, 0.1) is 0 Å². The number of nitrogens with one attached hydrogen (secondary N) is 3. The molecule has 3 atom stereocenters. The molecule has 0 saturated carbocycles. The van der Waals surface area contributed by atoms with E-state index < -0.39 is 0 Å². The Hall–Kier alpha value is -2.32. The average Bonchev–Trinajstić information content (AvgIpc) is 2.59. The van der Waals surface area contributed by atoms with Gasteiger partial charge in [-0.3, -0.25) is 24.6 Å². The summed E-state index contributed by atoms with van der Waals surface area (Å²) in [4.78, 5) is 41.9. The fourth-order valence-electron chi connectivity index (χ4n) is 3.53. The molecular formula is C18H25N5O3. The summed E-state index contributed by atoms with van der Waals surface area (Å²) >= 11 is 0. The first-order valence-corrected chi connectivity index (χ1v) is 9.00. The molecule has 140 valence electrons. The molecule has 2 aliphatic heterocycles. The van der Waals surface area contributed by atoms with Crippen molar-refractivity contribution in [1.82, 2.24) is 20.5 Å². The van der Waals surface area contributed by atoms with Crippen molar-refractivity contribution < 1.29 is 14.4 Å². The molecular weight excluding hydrogens is 334 g/mol. The Labute approximate surface area is 152 Å². The molecule has 0 bridgehead atoms. The van der Waals surface area contributed by atoms with Gasteiger partial charge in [0.25, 0.3) is 0 Å². The van der Waals surface area contributed by atoms with Gasteiger partial charge in [-0.2, -0.15) is 0 Å². The van der Waals surface area contributed by atoms with Crippen LogP contribution in [0.2, 0.25) is 0 Å². The maximum atomic E-state index is 12.3. The van der Waals surface area contributed by atoms with Gasteiger partial charge in [0.15, 0.2) is 0 Å². The van der Waals surface area contributed by atoms with E-state index in [4.69, 9.17) is 0 Å². The maximum absolute atomic E-state index is 12.3. The quantitative estimate of drug-likeness (QED) is 0.665. The highest BCUT2D eigenvalue weighted by atomic mass is 16.2. The van der Waals surface area contributed by atoms with Crippen LogP contribution in [0.5, 0.6) is 0 Å². The summed E-state index contributed by atoms with van der Waals surface area (Å²) in [5, 5.41) is 8.50. The third-order valence-electron chi connectivity index (χ3n) is 5.03. The van der Waals surface area contributed by atoms with Crippen molar-refractivity contribution >= 4 is 23.5 Å². The van der Waals surface area contributed by atoms with Crippen LogP contribution in [-0.4, -0.2) is 59.3 Å². The number of rotatable bonds is 4. The van der Waals surface area contributed by atoms with E-state index in [0.717, 1.165) is 18.7 Å². The zero-order valence-electron chi connectivity index (χ0n) is 15.1. The van der Waals surface area contributed by atoms with Gasteiger partial charge in [0, 0.05) is 37.8 Å². The van der Waals surface area contributed by atoms with E-state index >= 15 is 0 Å². The van der Waals surface area contributed by atoms with Gasteiger partial charge in [0.1, 0.15) is 5.82 Å². The van der Waals surface area contributed by atoms with Gasteiger partial charge in [-0.15, -0.1) is 0 Å². The van der Waals surface area contributed by atoms with E-state index in [2.05, 4.69) is 39.7 Å². The first-order valence-electron chi connectivity index (χ1n) is 9.00. The first-order chi connectivity index (χ1) is 12.4. The fourth-order valence-corrected chi connectivity index (χ4v) is 3.53. The molecule has 0 aliphatic carbocycles. The smallest absolute Gasteiger partial charge is 0.239 e. The number of imide groups is 1. The minimum absolute atomic E-state index is 0.105. The number of carbonyl (C=O) groups is 3. The predicted molar refractivity (Wildman–Crippen MR) is 96.5 cm³/mol. The summed E-state index contributed by atoms with van der Waals surface area (Å²) in [6.45, 7) is 6.26. The molecule has 1 aromatic rings. The lowest BCUT2D eigenvalue weighted by atomic mass is 9.92. The molecule has 3 heterocycles. The number of amides is 3. The number of carbonyl (C=O) groups excluding carboxylic acids is 3. The molecule has 0 aromatic carbocycles. The van der Waals surface area contributed by atoms with Gasteiger partial charge in [-0.1, -0.05) is 6.07 Å². The van der Waals surface area contributed by atoms with E-state index in [9.17, 15) is 14.4 Å². The molecule has 8 heteroatoms. The normalized spacial score (nSPS) is 27.1. The number of nitrogens with zero attached hydrogens (tertiary/aromatic N) is 2. The van der Waals surface area contributed by atoms with Crippen LogP contribution in [0.15, 0.2) is 18.3 Å². The number of pyridine rings is 1. The van der Waals surface area contributed by atoms with Gasteiger partial charge in [-0.25, -0.2) is 4.98 Å². The first kappa shape index (κ1) is 18.5. The van der Waals surface area contributed by atoms with Gasteiger partial charge in [0.05, 0.1) is 12.5 Å². The molecule has 26 heavy (non-hydrogen) atoms. The summed E-state index contributed by atoms with van der Waals surface area (Å²) < 4.78 is 0. The van der Waals surface area contributed by atoms with Crippen LogP contribution < -0.4 is 16.0 Å². The second-order valence-electron chi connectivity index (χ2n) is 7.06. The predicted octanol–water partition coefficient (Wildman–Crippen LogP) is 0.223. The third kappa shape index (κ3) is 4.25. The summed E-state index contributed by atoms with van der Waals surface area (Å²) in [6, 6.07) is 4.07. The highest BCUT2D eigenvalue weighted by Gasteiger charge is 2.28. The van der Waals surface area contributed by atoms with Crippen molar-refractivity contribution in [2.75, 3.05) is 25.0 Å². The number of hydrogen-bond acceptors (Lipinski definition) is 6. The highest BCUT2D eigenvalue weighted by molar-refractivity contribution is 6.01. The van der Waals surface area contributed by atoms with Gasteiger partial charge in [0.2, 0.25) is 17.7 Å². The molecule has 1 unspecified atom stereocenters. The maximum Gasteiger partial charge on any atom is 0.239 e. The lowest BCUT2D eigenvalue weighted by molar-refractivity contribution is -0.134. The monoisotopic (exact) mass is 359 g/mol. The molecule has 2 fully saturated rings. The van der Waals surface area contributed by atoms with Crippen LogP contribution in [0.25, 0.3) is 0 Å². The lowest BCUT2D eigenvalue weighted by Crippen LogP contribution is -2.56. The Morgan fingerprint density at radius 3 is 2.62 bits per heavy atom. The third-order valence-corrected chi connectivity index (χ3v) is 5.03. The second-order valence-corrected chi connectivity index (χ2v) is 7.06. The summed E-state index contributed by atoms with van der Waals surface area (Å²) in [7, 11) is 0. The molecule has 0 spiro atoms. The van der Waals surface area contributed by atoms with Crippen molar-refractivity contribution in [1.29, 1.82) is 0 Å². The number of piperidine rings is 1. The van der Waals surface area contributed by atoms with Crippen LogP contribution in [0.1, 0.15) is 38.2 Å². The molecule has 2 saturated heterocycles. The van der Waals surface area contributed by atoms with Crippen molar-refractivity contribution in [2.45, 2.75) is 44.7 Å². The summed E-state index contributed by atoms with van der Waals surface area (Å²) in [5.41, 5.74) is 0.748. The number of anilines is 1. The Bertz CT molecular complexity index is 681. The molecule has 0 radical (unpaired) electrons. The summed E-state index contributed by atoms with van der Waals surface area (Å²) in [5.74, 6) is -0.540. The van der Waals surface area contributed by atoms with Crippen LogP contribution in [0.3, 0.4) is 0 Å². The SMILES string of the molecule is C[C@@H]1CNC[C@H](C)N1CC(=O)Nc1ccc(C2CCC(=O)NC2=O)cn1. The Morgan fingerprint density at radius 2 is 2.00 bits per heavy atom. The van der Waals surface area contributed by atoms with E-state index in [1.807, 2.05) is 0 Å². The van der Waals surface area contributed by atoms with Gasteiger partial charge < -0.3 is 10.6 Å². The number of piperazine rings is 1. The molecule has 3 N–H and O–H groups in total. The largest absolute Gasteiger partial charge is 0.314 e. The van der Waals surface area contributed by atoms with E-state index in [-0.39, 0.29) is 23.6 Å². The topological polar surface area (TPSA) is 103 Å². The van der Waals surface area contributed by atoms with Crippen LogP contribution in [-0.2, 0) is 14.4 Å². The van der Waals surface area contributed by atoms with Gasteiger partial charge >= 0.3 is 0 Å². The Morgan fingerprint density at radius 1 is 1.27 bits per heavy atom. The fraction of sp³-hybridized carbons (Fsp3) is 0.556. The van der Waals surface area contributed by atoms with Crippen molar-refractivity contribution in [3.63, 3.8) is 0 Å². The van der Waals surface area contributed by atoms with E-state index in [1.165, 1.54) is 0 Å². The second kappa shape index (κ2) is 7.92. The molecule has 2 aliphatic rings. The molecule has 1 aromatic heterocycles. The summed E-state index contributed by atoms with van der Waals surface area (Å²) in [6.07, 6.45) is 2.40. The minimum atomic E-state index is -0.368. The van der Waals surface area contributed by atoms with Crippen LogP contribution >= 0.6 is 0 Å². The van der Waals surface area contributed by atoms with Crippen molar-refractivity contribution in [3.8, 4) is 0 Å². The van der Waals surface area contributed by atoms with E-state index in [0.29, 0.717) is 37.3 Å². The van der Waals surface area contributed by atoms with Crippen LogP contribution in [0.4, 0.5) is 5.82 Å². The van der Waals surface area contributed by atoms with Crippen molar-refractivity contribution in [3.05, 3.63) is 23.9 Å². The number of hydrogen-bond donors (Lipinski definition) is 3. The average molecular weight is 359 g/mol. The zero-order chi connectivity index (χ0) is 18.7. The van der Waals surface area contributed by atoms with Gasteiger partial charge in [-0.05, 0) is 31.9 Å². The molecule has 3 rings (SSSR count). The number of aromatic nitrogens is 1. The molecule has 8 nitrogen and oxygen atoms in total. The Kier molecular flexibility index (Phi) is 5.63. The zero-order valence-corrected chi connectivity index (χ0v) is 15.1. The highest BCUT2D eigenvalue weighted by Crippen LogP contribution is 2.24.